The molecule has 2 aliphatic heterocycles. The van der Waals surface area contributed by atoms with Crippen LogP contribution in [0.2, 0.25) is 0 Å². The predicted molar refractivity (Wildman–Crippen MR) is 140 cm³/mol. The Morgan fingerprint density at radius 2 is 2.00 bits per heavy atom. The molecule has 1 aromatic carbocycles. The van der Waals surface area contributed by atoms with E-state index >= 15 is 0 Å². The van der Waals surface area contributed by atoms with Gasteiger partial charge in [0.15, 0.2) is 5.43 Å². The summed E-state index contributed by atoms with van der Waals surface area (Å²) in [4.78, 5) is 39.9. The van der Waals surface area contributed by atoms with Crippen LogP contribution in [0.25, 0.3) is 16.5 Å². The van der Waals surface area contributed by atoms with Crippen LogP contribution in [0.15, 0.2) is 52.5 Å². The number of urea groups is 1. The molecule has 1 saturated heterocycles. The highest BCUT2D eigenvalue weighted by Gasteiger charge is 2.13. The Labute approximate surface area is 210 Å². The number of aliphatic imine (C=N–C) groups is 1. The van der Waals surface area contributed by atoms with E-state index in [-0.39, 0.29) is 17.9 Å². The van der Waals surface area contributed by atoms with Crippen molar-refractivity contribution in [2.24, 2.45) is 4.99 Å². The number of carbonyl (C=O) groups excluding carboxylic acids is 1. The number of benzene rings is 1. The van der Waals surface area contributed by atoms with Crippen molar-refractivity contribution >= 4 is 34.8 Å². The summed E-state index contributed by atoms with van der Waals surface area (Å²) in [5, 5.41) is 13.1. The number of nitrogens with zero attached hydrogens (tertiary/aromatic N) is 3. The van der Waals surface area contributed by atoms with Gasteiger partial charge in [-0.15, -0.1) is 0 Å². The van der Waals surface area contributed by atoms with Gasteiger partial charge in [0.25, 0.3) is 6.47 Å². The number of pyridine rings is 1. The molecule has 3 heterocycles. The van der Waals surface area contributed by atoms with Crippen molar-refractivity contribution in [3.63, 3.8) is 0 Å². The van der Waals surface area contributed by atoms with Gasteiger partial charge in [-0.3, -0.25) is 19.8 Å². The van der Waals surface area contributed by atoms with Crippen molar-refractivity contribution in [1.29, 1.82) is 0 Å². The molecule has 192 valence electrons. The van der Waals surface area contributed by atoms with Gasteiger partial charge in [0.1, 0.15) is 5.84 Å². The van der Waals surface area contributed by atoms with Gasteiger partial charge in [-0.05, 0) is 37.1 Å². The first-order valence-electron chi connectivity index (χ1n) is 12.0. The van der Waals surface area contributed by atoms with E-state index in [2.05, 4.69) is 25.1 Å². The number of carboxylic acid groups (broad SMARTS) is 1. The summed E-state index contributed by atoms with van der Waals surface area (Å²) in [6, 6.07) is 5.72. The SMILES string of the molecule is CCNC(=O)NC1=NC=C(c2ccc3c(c2)c(=O)c(C)cn3CCN2CCOCC2)C=CC1.O=CO. The van der Waals surface area contributed by atoms with Gasteiger partial charge in [0, 0.05) is 62.5 Å². The van der Waals surface area contributed by atoms with Gasteiger partial charge in [0.2, 0.25) is 0 Å². The minimum Gasteiger partial charge on any atom is -0.483 e. The van der Waals surface area contributed by atoms with E-state index in [0.29, 0.717) is 24.2 Å². The summed E-state index contributed by atoms with van der Waals surface area (Å²) in [5.74, 6) is 0.578. The second-order valence-electron chi connectivity index (χ2n) is 8.38. The quantitative estimate of drug-likeness (QED) is 0.547. The Kier molecular flexibility index (Phi) is 9.96. The second-order valence-corrected chi connectivity index (χ2v) is 8.38. The summed E-state index contributed by atoms with van der Waals surface area (Å²) >= 11 is 0. The van der Waals surface area contributed by atoms with Crippen LogP contribution in [0.4, 0.5) is 4.79 Å². The zero-order valence-corrected chi connectivity index (χ0v) is 20.7. The standard InChI is InChI=1S/C25H31N5O3.CH2O2/c1-3-26-25(32)28-23-6-4-5-20(16-27-23)19-7-8-22-21(15-19)24(31)18(2)17-30(22)10-9-29-11-13-33-14-12-29;2-1-3/h4-5,7-8,15-17H,3,6,9-14H2,1-2H3,(H2,26,27,28,32);1H,(H,2,3). The van der Waals surface area contributed by atoms with Crippen LogP contribution < -0.4 is 16.1 Å². The average molecular weight is 496 g/mol. The number of nitrogens with one attached hydrogen (secondary N) is 2. The molecule has 36 heavy (non-hydrogen) atoms. The lowest BCUT2D eigenvalue weighted by Crippen LogP contribution is -2.39. The smallest absolute Gasteiger partial charge is 0.320 e. The number of allylic oxidation sites excluding steroid dienone is 2. The Morgan fingerprint density at radius 1 is 1.25 bits per heavy atom. The number of rotatable bonds is 5. The number of amides is 2. The van der Waals surface area contributed by atoms with Gasteiger partial charge < -0.3 is 19.7 Å². The second kappa shape index (κ2) is 13.4. The van der Waals surface area contributed by atoms with Crippen LogP contribution in [0.5, 0.6) is 0 Å². The van der Waals surface area contributed by atoms with Crippen LogP contribution >= 0.6 is 0 Å². The van der Waals surface area contributed by atoms with Crippen molar-refractivity contribution in [2.45, 2.75) is 26.8 Å². The van der Waals surface area contributed by atoms with E-state index in [0.717, 1.165) is 61.6 Å². The van der Waals surface area contributed by atoms with Crippen LogP contribution in [-0.2, 0) is 16.1 Å². The fraction of sp³-hybridized carbons (Fsp3) is 0.385. The van der Waals surface area contributed by atoms with E-state index in [1.807, 2.05) is 50.4 Å². The molecule has 0 atom stereocenters. The molecular formula is C26H33N5O5. The average Bonchev–Trinajstić information content (AvgIpc) is 3.12. The number of carbonyl (C=O) groups is 2. The molecule has 2 amide bonds. The molecule has 0 aliphatic carbocycles. The third-order valence-corrected chi connectivity index (χ3v) is 5.92. The molecule has 4 rings (SSSR count). The summed E-state index contributed by atoms with van der Waals surface area (Å²) in [7, 11) is 0. The maximum Gasteiger partial charge on any atom is 0.320 e. The predicted octanol–water partition coefficient (Wildman–Crippen LogP) is 2.36. The molecular weight excluding hydrogens is 462 g/mol. The highest BCUT2D eigenvalue weighted by Crippen LogP contribution is 2.23. The van der Waals surface area contributed by atoms with Crippen LogP contribution in [-0.4, -0.2) is 72.3 Å². The third-order valence-electron chi connectivity index (χ3n) is 5.92. The van der Waals surface area contributed by atoms with Crippen molar-refractivity contribution in [3.8, 4) is 0 Å². The monoisotopic (exact) mass is 495 g/mol. The third kappa shape index (κ3) is 7.12. The van der Waals surface area contributed by atoms with E-state index in [1.165, 1.54) is 0 Å². The fourth-order valence-electron chi connectivity index (χ4n) is 4.11. The van der Waals surface area contributed by atoms with Crippen LogP contribution in [0, 0.1) is 6.92 Å². The maximum atomic E-state index is 13.0. The molecule has 0 spiro atoms. The molecule has 0 unspecified atom stereocenters. The normalized spacial score (nSPS) is 15.7. The number of aromatic nitrogens is 1. The van der Waals surface area contributed by atoms with Gasteiger partial charge in [-0.2, -0.15) is 0 Å². The highest BCUT2D eigenvalue weighted by atomic mass is 16.5. The maximum absolute atomic E-state index is 13.0. The Hall–Kier alpha value is -3.76. The molecule has 3 N–H and O–H groups in total. The summed E-state index contributed by atoms with van der Waals surface area (Å²) in [5.41, 5.74) is 3.53. The number of fused-ring (bicyclic) bond motifs is 1. The summed E-state index contributed by atoms with van der Waals surface area (Å²) < 4.78 is 7.62. The van der Waals surface area contributed by atoms with E-state index < -0.39 is 0 Å². The van der Waals surface area contributed by atoms with Crippen molar-refractivity contribution < 1.29 is 19.4 Å². The number of morpholine rings is 1. The topological polar surface area (TPSA) is 125 Å². The van der Waals surface area contributed by atoms with Crippen molar-refractivity contribution in [3.05, 3.63) is 64.1 Å². The first kappa shape index (κ1) is 26.8. The number of hydrogen-bond acceptors (Lipinski definition) is 6. The first-order valence-corrected chi connectivity index (χ1v) is 12.0. The molecule has 2 aliphatic rings. The zero-order valence-electron chi connectivity index (χ0n) is 20.7. The van der Waals surface area contributed by atoms with Gasteiger partial charge in [-0.1, -0.05) is 18.2 Å². The minimum atomic E-state index is -0.264. The van der Waals surface area contributed by atoms with Crippen LogP contribution in [0.3, 0.4) is 0 Å². The fourth-order valence-corrected chi connectivity index (χ4v) is 4.11. The van der Waals surface area contributed by atoms with Crippen LogP contribution in [0.1, 0.15) is 24.5 Å². The Morgan fingerprint density at radius 3 is 2.72 bits per heavy atom. The molecule has 1 aromatic heterocycles. The van der Waals surface area contributed by atoms with Crippen molar-refractivity contribution in [1.82, 2.24) is 20.1 Å². The lowest BCUT2D eigenvalue weighted by atomic mass is 10.0. The summed E-state index contributed by atoms with van der Waals surface area (Å²) in [6.07, 6.45) is 8.16. The van der Waals surface area contributed by atoms with E-state index in [9.17, 15) is 9.59 Å². The van der Waals surface area contributed by atoms with Gasteiger partial charge in [-0.25, -0.2) is 9.79 Å². The highest BCUT2D eigenvalue weighted by molar-refractivity contribution is 5.99. The Balaban J connectivity index is 0.00000115. The lowest BCUT2D eigenvalue weighted by Gasteiger charge is -2.27. The molecule has 0 bridgehead atoms. The largest absolute Gasteiger partial charge is 0.483 e. The molecule has 10 nitrogen and oxygen atoms in total. The molecule has 2 aromatic rings. The van der Waals surface area contributed by atoms with Crippen molar-refractivity contribution in [2.75, 3.05) is 39.4 Å². The minimum absolute atomic E-state index is 0.0507. The lowest BCUT2D eigenvalue weighted by molar-refractivity contribution is -0.122. The van der Waals surface area contributed by atoms with Gasteiger partial charge >= 0.3 is 6.03 Å². The molecule has 0 radical (unpaired) electrons. The molecule has 0 saturated carbocycles. The zero-order chi connectivity index (χ0) is 25.9. The number of ether oxygens (including phenoxy) is 1. The van der Waals surface area contributed by atoms with E-state index in [1.54, 1.807) is 6.20 Å². The van der Waals surface area contributed by atoms with Gasteiger partial charge in [0.05, 0.1) is 18.7 Å². The summed E-state index contributed by atoms with van der Waals surface area (Å²) in [6.45, 7) is 9.22. The number of aryl methyl sites for hydroxylation is 1. The molecule has 1 fully saturated rings. The number of amidine groups is 1. The van der Waals surface area contributed by atoms with E-state index in [4.69, 9.17) is 14.6 Å². The molecule has 10 heteroatoms. The first-order chi connectivity index (χ1) is 17.5. The number of hydrogen-bond donors (Lipinski definition) is 3. The Bertz CT molecular complexity index is 1230.